The Morgan fingerprint density at radius 1 is 1.00 bits per heavy atom. The molecule has 0 aliphatic carbocycles. The second-order valence-electron chi connectivity index (χ2n) is 7.61. The van der Waals surface area contributed by atoms with Crippen LogP contribution in [0.5, 0.6) is 0 Å². The number of benzene rings is 1. The Morgan fingerprint density at radius 3 is 2.52 bits per heavy atom. The highest BCUT2D eigenvalue weighted by molar-refractivity contribution is 5.64. The Labute approximate surface area is 170 Å². The number of hydrogen-bond donors (Lipinski definition) is 1. The number of hydrogen-bond acceptors (Lipinski definition) is 7. The predicted octanol–water partition coefficient (Wildman–Crippen LogP) is 2.24. The summed E-state index contributed by atoms with van der Waals surface area (Å²) in [7, 11) is 0. The van der Waals surface area contributed by atoms with Crippen molar-refractivity contribution in [1.82, 2.24) is 24.6 Å². The van der Waals surface area contributed by atoms with Crippen LogP contribution in [-0.2, 0) is 4.74 Å². The molecule has 1 N–H and O–H groups in total. The van der Waals surface area contributed by atoms with E-state index in [1.165, 1.54) is 11.3 Å². The Hall–Kier alpha value is -2.97. The lowest BCUT2D eigenvalue weighted by Gasteiger charge is -2.43. The van der Waals surface area contributed by atoms with Crippen molar-refractivity contribution in [2.45, 2.75) is 13.0 Å². The highest BCUT2D eigenvalue weighted by Crippen LogP contribution is 2.26. The van der Waals surface area contributed by atoms with Gasteiger partial charge in [0.2, 0.25) is 5.95 Å². The minimum Gasteiger partial charge on any atom is -0.378 e. The van der Waals surface area contributed by atoms with Gasteiger partial charge >= 0.3 is 0 Å². The van der Waals surface area contributed by atoms with Gasteiger partial charge in [-0.2, -0.15) is 4.98 Å². The molecule has 3 aromatic rings. The quantitative estimate of drug-likeness (QED) is 0.715. The van der Waals surface area contributed by atoms with Crippen molar-refractivity contribution in [1.29, 1.82) is 0 Å². The Kier molecular flexibility index (Phi) is 4.87. The number of rotatable bonds is 5. The van der Waals surface area contributed by atoms with Crippen molar-refractivity contribution in [3.05, 3.63) is 54.6 Å². The zero-order valence-electron chi connectivity index (χ0n) is 16.5. The van der Waals surface area contributed by atoms with Crippen molar-refractivity contribution in [3.63, 3.8) is 0 Å². The van der Waals surface area contributed by atoms with Crippen molar-refractivity contribution in [3.8, 4) is 5.69 Å². The topological polar surface area (TPSA) is 71.3 Å². The highest BCUT2D eigenvalue weighted by Gasteiger charge is 2.29. The summed E-state index contributed by atoms with van der Waals surface area (Å²) in [5.41, 5.74) is 4.39. The molecule has 0 radical (unpaired) electrons. The highest BCUT2D eigenvalue weighted by atomic mass is 16.5. The zero-order valence-corrected chi connectivity index (χ0v) is 16.5. The molecule has 2 aliphatic rings. The lowest BCUT2D eigenvalue weighted by Crippen LogP contribution is -2.56. The van der Waals surface area contributed by atoms with E-state index >= 15 is 0 Å². The monoisotopic (exact) mass is 391 g/mol. The number of ether oxygens (including phenoxy) is 1. The fraction of sp³-hybridized carbons (Fsp3) is 0.381. The first-order valence-electron chi connectivity index (χ1n) is 10.0. The molecule has 2 saturated heterocycles. The summed E-state index contributed by atoms with van der Waals surface area (Å²) < 4.78 is 7.08. The Balaban J connectivity index is 1.28. The maximum Gasteiger partial charge on any atom is 0.246 e. The van der Waals surface area contributed by atoms with E-state index in [4.69, 9.17) is 4.74 Å². The van der Waals surface area contributed by atoms with Crippen LogP contribution < -0.4 is 10.2 Å². The van der Waals surface area contributed by atoms with E-state index in [1.54, 1.807) is 23.4 Å². The molecule has 0 atom stereocenters. The van der Waals surface area contributed by atoms with E-state index in [0.29, 0.717) is 12.0 Å². The van der Waals surface area contributed by atoms with E-state index in [1.807, 2.05) is 12.1 Å². The summed E-state index contributed by atoms with van der Waals surface area (Å²) in [5.74, 6) is 0.577. The number of pyridine rings is 1. The van der Waals surface area contributed by atoms with E-state index < -0.39 is 0 Å². The average molecular weight is 391 g/mol. The van der Waals surface area contributed by atoms with Gasteiger partial charge in [-0.15, -0.1) is 5.10 Å². The van der Waals surface area contributed by atoms with Crippen LogP contribution in [0.25, 0.3) is 5.69 Å². The predicted molar refractivity (Wildman–Crippen MR) is 112 cm³/mol. The summed E-state index contributed by atoms with van der Waals surface area (Å²) in [6, 6.07) is 11.0. The third-order valence-corrected chi connectivity index (χ3v) is 5.55. The van der Waals surface area contributed by atoms with Gasteiger partial charge in [0.15, 0.2) is 0 Å². The molecule has 8 heteroatoms. The number of aryl methyl sites for hydroxylation is 1. The summed E-state index contributed by atoms with van der Waals surface area (Å²) >= 11 is 0. The molecule has 0 bridgehead atoms. The SMILES string of the molecule is Cc1cc(Nc2ncn(-c3ccncc3)n2)cc(N2CCN(C3COC3)CC2)c1. The minimum atomic E-state index is 0.577. The van der Waals surface area contributed by atoms with Gasteiger partial charge < -0.3 is 15.0 Å². The van der Waals surface area contributed by atoms with Crippen molar-refractivity contribution in [2.75, 3.05) is 49.6 Å². The largest absolute Gasteiger partial charge is 0.378 e. The van der Waals surface area contributed by atoms with Crippen LogP contribution in [0, 0.1) is 6.92 Å². The molecule has 29 heavy (non-hydrogen) atoms. The third kappa shape index (κ3) is 3.94. The first kappa shape index (κ1) is 18.1. The molecule has 2 fully saturated rings. The van der Waals surface area contributed by atoms with E-state index in [0.717, 1.165) is 50.8 Å². The van der Waals surface area contributed by atoms with E-state index in [-0.39, 0.29) is 0 Å². The maximum absolute atomic E-state index is 5.34. The molecule has 4 heterocycles. The molecule has 0 spiro atoms. The normalized spacial score (nSPS) is 17.9. The smallest absolute Gasteiger partial charge is 0.246 e. The van der Waals surface area contributed by atoms with Crippen molar-refractivity contribution >= 4 is 17.3 Å². The van der Waals surface area contributed by atoms with Gasteiger partial charge in [0.05, 0.1) is 24.9 Å². The molecule has 0 unspecified atom stereocenters. The molecule has 2 aliphatic heterocycles. The van der Waals surface area contributed by atoms with Crippen LogP contribution in [-0.4, -0.2) is 70.1 Å². The zero-order chi connectivity index (χ0) is 19.6. The number of aromatic nitrogens is 4. The fourth-order valence-electron chi connectivity index (χ4n) is 3.87. The summed E-state index contributed by atoms with van der Waals surface area (Å²) in [6.07, 6.45) is 5.20. The number of anilines is 3. The Morgan fingerprint density at radius 2 is 1.79 bits per heavy atom. The van der Waals surface area contributed by atoms with Crippen LogP contribution in [0.15, 0.2) is 49.1 Å². The fourth-order valence-corrected chi connectivity index (χ4v) is 3.87. The second-order valence-corrected chi connectivity index (χ2v) is 7.61. The van der Waals surface area contributed by atoms with Gasteiger partial charge in [0.1, 0.15) is 6.33 Å². The molecule has 150 valence electrons. The van der Waals surface area contributed by atoms with Crippen LogP contribution in [0.1, 0.15) is 5.56 Å². The molecule has 0 amide bonds. The molecule has 2 aromatic heterocycles. The van der Waals surface area contributed by atoms with E-state index in [2.05, 4.69) is 55.3 Å². The molecule has 8 nitrogen and oxygen atoms in total. The molecule has 5 rings (SSSR count). The minimum absolute atomic E-state index is 0.577. The third-order valence-electron chi connectivity index (χ3n) is 5.55. The van der Waals surface area contributed by atoms with Crippen LogP contribution in [0.3, 0.4) is 0 Å². The second kappa shape index (κ2) is 7.81. The summed E-state index contributed by atoms with van der Waals surface area (Å²) in [5, 5.41) is 7.87. The van der Waals surface area contributed by atoms with Crippen LogP contribution >= 0.6 is 0 Å². The van der Waals surface area contributed by atoms with Gasteiger partial charge in [-0.3, -0.25) is 9.88 Å². The number of nitrogens with one attached hydrogen (secondary N) is 1. The van der Waals surface area contributed by atoms with E-state index in [9.17, 15) is 0 Å². The Bertz CT molecular complexity index is 962. The lowest BCUT2D eigenvalue weighted by molar-refractivity contribution is -0.0660. The lowest BCUT2D eigenvalue weighted by atomic mass is 10.1. The van der Waals surface area contributed by atoms with Crippen LogP contribution in [0.2, 0.25) is 0 Å². The van der Waals surface area contributed by atoms with Gasteiger partial charge in [-0.25, -0.2) is 4.68 Å². The van der Waals surface area contributed by atoms with Gasteiger partial charge in [-0.1, -0.05) is 0 Å². The molecular weight excluding hydrogens is 366 g/mol. The summed E-state index contributed by atoms with van der Waals surface area (Å²) in [6.45, 7) is 8.14. The number of nitrogens with zero attached hydrogens (tertiary/aromatic N) is 6. The average Bonchev–Trinajstić information content (AvgIpc) is 3.16. The molecule has 0 saturated carbocycles. The maximum atomic E-state index is 5.34. The van der Waals surface area contributed by atoms with Gasteiger partial charge in [0, 0.05) is 49.9 Å². The van der Waals surface area contributed by atoms with Crippen molar-refractivity contribution in [2.24, 2.45) is 0 Å². The van der Waals surface area contributed by atoms with Crippen molar-refractivity contribution < 1.29 is 4.74 Å². The van der Waals surface area contributed by atoms with Crippen LogP contribution in [0.4, 0.5) is 17.3 Å². The first-order valence-corrected chi connectivity index (χ1v) is 10.0. The molecule has 1 aromatic carbocycles. The first-order chi connectivity index (χ1) is 14.2. The van der Waals surface area contributed by atoms with Gasteiger partial charge in [-0.05, 0) is 42.8 Å². The van der Waals surface area contributed by atoms with Gasteiger partial charge in [0.25, 0.3) is 0 Å². The summed E-state index contributed by atoms with van der Waals surface area (Å²) in [4.78, 5) is 13.4. The molecular formula is C21H25N7O. The standard InChI is InChI=1S/C21H25N7O/c1-16-10-17(24-21-23-15-28(25-21)18-2-4-22-5-3-18)12-19(11-16)26-6-8-27(9-7-26)20-13-29-14-20/h2-5,10-12,15,20H,6-9,13-14H2,1H3,(H,24,25). The number of piperazine rings is 1.